The molecule has 0 bridgehead atoms. The van der Waals surface area contributed by atoms with Crippen molar-refractivity contribution < 1.29 is 9.53 Å². The zero-order chi connectivity index (χ0) is 17.7. The van der Waals surface area contributed by atoms with Crippen molar-refractivity contribution in [3.8, 4) is 5.75 Å². The van der Waals surface area contributed by atoms with E-state index in [0.717, 1.165) is 24.5 Å². The van der Waals surface area contributed by atoms with Gasteiger partial charge in [0, 0.05) is 30.2 Å². The van der Waals surface area contributed by atoms with Crippen molar-refractivity contribution in [2.75, 3.05) is 30.4 Å². The molecule has 0 aliphatic carbocycles. The minimum absolute atomic E-state index is 0.293. The van der Waals surface area contributed by atoms with Crippen LogP contribution in [0.3, 0.4) is 0 Å². The van der Waals surface area contributed by atoms with Crippen molar-refractivity contribution in [3.63, 3.8) is 0 Å². The van der Waals surface area contributed by atoms with Crippen LogP contribution in [-0.2, 0) is 0 Å². The van der Waals surface area contributed by atoms with Crippen LogP contribution in [0.1, 0.15) is 29.9 Å². The lowest BCUT2D eigenvalue weighted by atomic mass is 10.2. The zero-order valence-corrected chi connectivity index (χ0v) is 15.0. The summed E-state index contributed by atoms with van der Waals surface area (Å²) in [5.74, 6) is 0.891. The van der Waals surface area contributed by atoms with Crippen molar-refractivity contribution in [1.29, 1.82) is 0 Å². The highest BCUT2D eigenvalue weighted by Crippen LogP contribution is 2.31. The Morgan fingerprint density at radius 1 is 1.25 bits per heavy atom. The number of nitrogens with zero attached hydrogens (tertiary/aromatic N) is 3. The average Bonchev–Trinajstić information content (AvgIpc) is 2.59. The summed E-state index contributed by atoms with van der Waals surface area (Å²) in [7, 11) is 1.53. The Morgan fingerprint density at radius 2 is 1.96 bits per heavy atom. The molecule has 0 atom stereocenters. The predicted octanol–water partition coefficient (Wildman–Crippen LogP) is 3.55. The number of carbonyl (C=O) groups excluding carboxylic acids is 1. The second kappa shape index (κ2) is 7.97. The molecule has 2 aromatic rings. The first-order chi connectivity index (χ1) is 11.5. The molecule has 1 amide bonds. The van der Waals surface area contributed by atoms with Crippen molar-refractivity contribution in [1.82, 2.24) is 9.97 Å². The van der Waals surface area contributed by atoms with E-state index in [-0.39, 0.29) is 5.91 Å². The smallest absolute Gasteiger partial charge is 0.274 e. The zero-order valence-electron chi connectivity index (χ0n) is 14.3. The number of aryl methyl sites for hydroxylation is 1. The third-order valence-electron chi connectivity index (χ3n) is 3.70. The highest BCUT2D eigenvalue weighted by Gasteiger charge is 2.15. The molecule has 128 valence electrons. The Morgan fingerprint density at radius 3 is 2.58 bits per heavy atom. The highest BCUT2D eigenvalue weighted by molar-refractivity contribution is 6.31. The van der Waals surface area contributed by atoms with Crippen molar-refractivity contribution >= 4 is 29.0 Å². The van der Waals surface area contributed by atoms with E-state index in [9.17, 15) is 4.79 Å². The van der Waals surface area contributed by atoms with Crippen LogP contribution in [0.2, 0.25) is 5.02 Å². The molecule has 1 N–H and O–H groups in total. The Balaban J connectivity index is 2.27. The van der Waals surface area contributed by atoms with E-state index in [1.165, 1.54) is 13.4 Å². The number of methoxy groups -OCH3 is 1. The van der Waals surface area contributed by atoms with Crippen molar-refractivity contribution in [3.05, 3.63) is 40.8 Å². The molecule has 24 heavy (non-hydrogen) atoms. The number of ether oxygens (including phenoxy) is 1. The number of amides is 1. The first-order valence-electron chi connectivity index (χ1n) is 7.72. The molecule has 1 aromatic heterocycles. The molecule has 0 saturated carbocycles. The molecule has 0 unspecified atom stereocenters. The summed E-state index contributed by atoms with van der Waals surface area (Å²) in [6, 6.07) is 5.12. The predicted molar refractivity (Wildman–Crippen MR) is 96.3 cm³/mol. The Hall–Kier alpha value is -2.34. The van der Waals surface area contributed by atoms with Gasteiger partial charge in [-0.3, -0.25) is 4.79 Å². The molecule has 6 nitrogen and oxygen atoms in total. The normalized spacial score (nSPS) is 10.4. The fourth-order valence-electron chi connectivity index (χ4n) is 2.31. The van der Waals surface area contributed by atoms with E-state index in [0.29, 0.717) is 22.2 Å². The van der Waals surface area contributed by atoms with Gasteiger partial charge in [-0.2, -0.15) is 0 Å². The van der Waals surface area contributed by atoms with E-state index in [4.69, 9.17) is 16.3 Å². The molecule has 0 aliphatic rings. The van der Waals surface area contributed by atoms with Crippen LogP contribution in [-0.4, -0.2) is 36.1 Å². The molecule has 0 radical (unpaired) electrons. The maximum absolute atomic E-state index is 12.5. The standard InChI is InChI=1S/C17H21ClN4O2/c1-5-22(6-2)16-9-14(19-10-20-16)17(23)21-13-7-11(3)12(18)8-15(13)24-4/h7-10H,5-6H2,1-4H3,(H,21,23). The second-order valence-corrected chi connectivity index (χ2v) is 5.60. The Bertz CT molecular complexity index is 733. The molecule has 0 fully saturated rings. The average molecular weight is 349 g/mol. The summed E-state index contributed by atoms with van der Waals surface area (Å²) in [6.07, 6.45) is 1.40. The van der Waals surface area contributed by atoms with Gasteiger partial charge < -0.3 is 15.0 Å². The minimum atomic E-state index is -0.328. The van der Waals surface area contributed by atoms with E-state index < -0.39 is 0 Å². The molecule has 0 spiro atoms. The van der Waals surface area contributed by atoms with Gasteiger partial charge in [0.1, 0.15) is 23.6 Å². The van der Waals surface area contributed by atoms with Crippen LogP contribution in [0.4, 0.5) is 11.5 Å². The van der Waals surface area contributed by atoms with Crippen molar-refractivity contribution in [2.45, 2.75) is 20.8 Å². The van der Waals surface area contributed by atoms with Crippen LogP contribution in [0.25, 0.3) is 0 Å². The molecule has 0 saturated heterocycles. The van der Waals surface area contributed by atoms with Crippen LogP contribution < -0.4 is 15.0 Å². The number of aromatic nitrogens is 2. The van der Waals surface area contributed by atoms with E-state index >= 15 is 0 Å². The van der Waals surface area contributed by atoms with E-state index in [2.05, 4.69) is 15.3 Å². The van der Waals surface area contributed by atoms with Crippen LogP contribution in [0.15, 0.2) is 24.5 Å². The lowest BCUT2D eigenvalue weighted by Gasteiger charge is -2.19. The van der Waals surface area contributed by atoms with Gasteiger partial charge in [0.2, 0.25) is 0 Å². The topological polar surface area (TPSA) is 67.4 Å². The maximum Gasteiger partial charge on any atom is 0.274 e. The van der Waals surface area contributed by atoms with E-state index in [1.807, 2.05) is 25.7 Å². The lowest BCUT2D eigenvalue weighted by molar-refractivity contribution is 0.102. The second-order valence-electron chi connectivity index (χ2n) is 5.19. The Kier molecular flexibility index (Phi) is 5.98. The third kappa shape index (κ3) is 3.94. The van der Waals surface area contributed by atoms with Gasteiger partial charge in [0.05, 0.1) is 12.8 Å². The maximum atomic E-state index is 12.5. The van der Waals surface area contributed by atoms with Crippen LogP contribution in [0, 0.1) is 6.92 Å². The molecular weight excluding hydrogens is 328 g/mol. The monoisotopic (exact) mass is 348 g/mol. The fraction of sp³-hybridized carbons (Fsp3) is 0.353. The third-order valence-corrected chi connectivity index (χ3v) is 4.11. The molecule has 2 rings (SSSR count). The quantitative estimate of drug-likeness (QED) is 0.864. The first kappa shape index (κ1) is 18.0. The largest absolute Gasteiger partial charge is 0.495 e. The molecular formula is C17H21ClN4O2. The van der Waals surface area contributed by atoms with Gasteiger partial charge in [-0.15, -0.1) is 0 Å². The number of carbonyl (C=O) groups is 1. The summed E-state index contributed by atoms with van der Waals surface area (Å²) in [5, 5.41) is 3.40. The van der Waals surface area contributed by atoms with Gasteiger partial charge in [-0.05, 0) is 32.4 Å². The number of halogens is 1. The Labute approximate surface area is 146 Å². The minimum Gasteiger partial charge on any atom is -0.495 e. The van der Waals surface area contributed by atoms with Gasteiger partial charge in [-0.1, -0.05) is 11.6 Å². The molecule has 0 aliphatic heterocycles. The SMILES string of the molecule is CCN(CC)c1cc(C(=O)Nc2cc(C)c(Cl)cc2OC)ncn1. The number of nitrogens with one attached hydrogen (secondary N) is 1. The van der Waals surface area contributed by atoms with Crippen LogP contribution in [0.5, 0.6) is 5.75 Å². The van der Waals surface area contributed by atoms with Gasteiger partial charge in [0.25, 0.3) is 5.91 Å². The van der Waals surface area contributed by atoms with Crippen LogP contribution >= 0.6 is 11.6 Å². The summed E-state index contributed by atoms with van der Waals surface area (Å²) in [4.78, 5) is 22.9. The molecule has 1 aromatic carbocycles. The first-order valence-corrected chi connectivity index (χ1v) is 8.10. The number of hydrogen-bond donors (Lipinski definition) is 1. The summed E-state index contributed by atoms with van der Waals surface area (Å²) >= 11 is 6.09. The number of anilines is 2. The number of benzene rings is 1. The van der Waals surface area contributed by atoms with Gasteiger partial charge in [0.15, 0.2) is 0 Å². The number of rotatable bonds is 6. The fourth-order valence-corrected chi connectivity index (χ4v) is 2.46. The van der Waals surface area contributed by atoms with Crippen molar-refractivity contribution in [2.24, 2.45) is 0 Å². The summed E-state index contributed by atoms with van der Waals surface area (Å²) < 4.78 is 5.27. The summed E-state index contributed by atoms with van der Waals surface area (Å²) in [5.41, 5.74) is 1.69. The molecule has 7 heteroatoms. The summed E-state index contributed by atoms with van der Waals surface area (Å²) in [6.45, 7) is 7.54. The van der Waals surface area contributed by atoms with Gasteiger partial charge >= 0.3 is 0 Å². The lowest BCUT2D eigenvalue weighted by Crippen LogP contribution is -2.24. The molecule has 1 heterocycles. The highest BCUT2D eigenvalue weighted by atomic mass is 35.5. The van der Waals surface area contributed by atoms with E-state index in [1.54, 1.807) is 18.2 Å². The van der Waals surface area contributed by atoms with Gasteiger partial charge in [-0.25, -0.2) is 9.97 Å². The number of hydrogen-bond acceptors (Lipinski definition) is 5.